The summed E-state index contributed by atoms with van der Waals surface area (Å²) in [5, 5.41) is 6.67. The Morgan fingerprint density at radius 1 is 1.00 bits per heavy atom. The van der Waals surface area contributed by atoms with Crippen molar-refractivity contribution in [1.82, 2.24) is 15.5 Å². The zero-order valence-corrected chi connectivity index (χ0v) is 17.6. The molecule has 0 amide bonds. The van der Waals surface area contributed by atoms with Gasteiger partial charge in [-0.25, -0.2) is 4.99 Å². The molecule has 2 N–H and O–H groups in total. The van der Waals surface area contributed by atoms with Gasteiger partial charge in [-0.15, -0.1) is 0 Å². The second-order valence-corrected chi connectivity index (χ2v) is 6.68. The Hall–Kier alpha value is -1.79. The Bertz CT molecular complexity index is 503. The van der Waals surface area contributed by atoms with Gasteiger partial charge in [0.2, 0.25) is 0 Å². The molecule has 0 aromatic heterocycles. The molecule has 0 aliphatic rings. The second kappa shape index (κ2) is 15.3. The first-order valence-corrected chi connectivity index (χ1v) is 10.1. The van der Waals surface area contributed by atoms with Crippen molar-refractivity contribution in [2.24, 2.45) is 4.99 Å². The lowest BCUT2D eigenvalue weighted by atomic mass is 10.2. The van der Waals surface area contributed by atoms with Crippen LogP contribution in [0.2, 0.25) is 0 Å². The number of benzene rings is 1. The Morgan fingerprint density at radius 2 is 1.78 bits per heavy atom. The molecule has 0 heterocycles. The maximum absolute atomic E-state index is 5.77. The van der Waals surface area contributed by atoms with Gasteiger partial charge in [0.1, 0.15) is 5.75 Å². The van der Waals surface area contributed by atoms with Crippen molar-refractivity contribution in [1.29, 1.82) is 0 Å². The molecule has 0 bridgehead atoms. The number of hydrogen-bond donors (Lipinski definition) is 2. The number of aliphatic imine (C=N–C) groups is 1. The molecule has 0 aliphatic carbocycles. The van der Waals surface area contributed by atoms with E-state index < -0.39 is 0 Å². The van der Waals surface area contributed by atoms with Gasteiger partial charge in [0.25, 0.3) is 0 Å². The van der Waals surface area contributed by atoms with Gasteiger partial charge in [-0.3, -0.25) is 0 Å². The number of ether oxygens (including phenoxy) is 2. The van der Waals surface area contributed by atoms with Crippen LogP contribution in [0.4, 0.5) is 0 Å². The van der Waals surface area contributed by atoms with Crippen LogP contribution in [-0.2, 0) is 11.3 Å². The zero-order valence-electron chi connectivity index (χ0n) is 17.6. The summed E-state index contributed by atoms with van der Waals surface area (Å²) in [5.74, 6) is 1.78. The topological polar surface area (TPSA) is 58.1 Å². The van der Waals surface area contributed by atoms with E-state index in [9.17, 15) is 0 Å². The molecule has 0 unspecified atom stereocenters. The fourth-order valence-electron chi connectivity index (χ4n) is 2.45. The normalized spacial score (nSPS) is 11.7. The molecule has 27 heavy (non-hydrogen) atoms. The van der Waals surface area contributed by atoms with Crippen molar-refractivity contribution in [3.8, 4) is 5.75 Å². The average Bonchev–Trinajstić information content (AvgIpc) is 2.66. The Morgan fingerprint density at radius 3 is 2.44 bits per heavy atom. The minimum atomic E-state index is 0.648. The van der Waals surface area contributed by atoms with Crippen LogP contribution in [0.1, 0.15) is 38.7 Å². The molecule has 0 saturated heterocycles. The van der Waals surface area contributed by atoms with E-state index in [1.165, 1.54) is 5.56 Å². The van der Waals surface area contributed by atoms with Crippen LogP contribution in [-0.4, -0.2) is 64.4 Å². The van der Waals surface area contributed by atoms with Crippen LogP contribution in [0, 0.1) is 0 Å². The summed E-state index contributed by atoms with van der Waals surface area (Å²) in [4.78, 5) is 6.83. The maximum Gasteiger partial charge on any atom is 0.191 e. The highest BCUT2D eigenvalue weighted by atomic mass is 16.5. The van der Waals surface area contributed by atoms with Crippen LogP contribution in [0.15, 0.2) is 29.3 Å². The molecule has 6 heteroatoms. The molecule has 0 spiro atoms. The minimum absolute atomic E-state index is 0.648. The van der Waals surface area contributed by atoms with Gasteiger partial charge in [-0.1, -0.05) is 12.1 Å². The third kappa shape index (κ3) is 12.3. The predicted octanol–water partition coefficient (Wildman–Crippen LogP) is 2.89. The summed E-state index contributed by atoms with van der Waals surface area (Å²) < 4.78 is 11.1. The van der Waals surface area contributed by atoms with E-state index in [0.717, 1.165) is 70.4 Å². The maximum atomic E-state index is 5.77. The van der Waals surface area contributed by atoms with Gasteiger partial charge in [0, 0.05) is 32.8 Å². The van der Waals surface area contributed by atoms with Crippen molar-refractivity contribution in [3.63, 3.8) is 0 Å². The lowest BCUT2D eigenvalue weighted by Gasteiger charge is -2.12. The van der Waals surface area contributed by atoms with Crippen molar-refractivity contribution in [2.75, 3.05) is 53.6 Å². The highest BCUT2D eigenvalue weighted by molar-refractivity contribution is 5.79. The quantitative estimate of drug-likeness (QED) is 0.296. The Kier molecular flexibility index (Phi) is 13.2. The summed E-state index contributed by atoms with van der Waals surface area (Å²) in [6.07, 6.45) is 3.17. The van der Waals surface area contributed by atoms with E-state index in [0.29, 0.717) is 6.54 Å². The summed E-state index contributed by atoms with van der Waals surface area (Å²) in [6.45, 7) is 9.91. The predicted molar refractivity (Wildman–Crippen MR) is 114 cm³/mol. The van der Waals surface area contributed by atoms with Gasteiger partial charge in [0.05, 0.1) is 13.2 Å². The Balaban J connectivity index is 2.35. The standard InChI is InChI=1S/C21H38N4O2/c1-5-22-21(23-14-7-8-16-26-6-2)24-18-19-10-12-20(13-11-19)27-17-9-15-25(3)4/h10-13H,5-9,14-18H2,1-4H3,(H2,22,23,24). The van der Waals surface area contributed by atoms with Crippen LogP contribution in [0.5, 0.6) is 5.75 Å². The summed E-state index contributed by atoms with van der Waals surface area (Å²) >= 11 is 0. The third-order valence-corrected chi connectivity index (χ3v) is 3.92. The smallest absolute Gasteiger partial charge is 0.191 e. The molecule has 0 aliphatic heterocycles. The summed E-state index contributed by atoms with van der Waals surface area (Å²) in [7, 11) is 4.15. The van der Waals surface area contributed by atoms with Crippen LogP contribution in [0.25, 0.3) is 0 Å². The lowest BCUT2D eigenvalue weighted by Crippen LogP contribution is -2.37. The molecule has 1 rings (SSSR count). The van der Waals surface area contributed by atoms with Gasteiger partial charge in [-0.05, 0) is 64.9 Å². The van der Waals surface area contributed by atoms with E-state index in [-0.39, 0.29) is 0 Å². The molecular weight excluding hydrogens is 340 g/mol. The highest BCUT2D eigenvalue weighted by Crippen LogP contribution is 2.13. The minimum Gasteiger partial charge on any atom is -0.494 e. The molecular formula is C21H38N4O2. The van der Waals surface area contributed by atoms with E-state index in [4.69, 9.17) is 9.47 Å². The zero-order chi connectivity index (χ0) is 19.7. The van der Waals surface area contributed by atoms with E-state index in [1.54, 1.807) is 0 Å². The van der Waals surface area contributed by atoms with E-state index in [2.05, 4.69) is 53.7 Å². The number of unbranched alkanes of at least 4 members (excludes halogenated alkanes) is 1. The summed E-state index contributed by atoms with van der Waals surface area (Å²) in [5.41, 5.74) is 1.17. The van der Waals surface area contributed by atoms with Gasteiger partial charge < -0.3 is 25.0 Å². The number of guanidine groups is 1. The van der Waals surface area contributed by atoms with Crippen LogP contribution < -0.4 is 15.4 Å². The molecule has 1 aromatic rings. The molecule has 0 fully saturated rings. The van der Waals surface area contributed by atoms with Gasteiger partial charge in [-0.2, -0.15) is 0 Å². The number of nitrogens with one attached hydrogen (secondary N) is 2. The van der Waals surface area contributed by atoms with Crippen molar-refractivity contribution >= 4 is 5.96 Å². The van der Waals surface area contributed by atoms with Crippen molar-refractivity contribution in [3.05, 3.63) is 29.8 Å². The van der Waals surface area contributed by atoms with Crippen molar-refractivity contribution in [2.45, 2.75) is 39.7 Å². The molecule has 6 nitrogen and oxygen atoms in total. The molecule has 0 radical (unpaired) electrons. The van der Waals surface area contributed by atoms with E-state index >= 15 is 0 Å². The lowest BCUT2D eigenvalue weighted by molar-refractivity contribution is 0.143. The first-order chi connectivity index (χ1) is 13.2. The van der Waals surface area contributed by atoms with Crippen LogP contribution >= 0.6 is 0 Å². The fraction of sp³-hybridized carbons (Fsp3) is 0.667. The largest absolute Gasteiger partial charge is 0.494 e. The van der Waals surface area contributed by atoms with Gasteiger partial charge in [0.15, 0.2) is 5.96 Å². The first-order valence-electron chi connectivity index (χ1n) is 10.1. The van der Waals surface area contributed by atoms with Crippen LogP contribution in [0.3, 0.4) is 0 Å². The molecule has 0 saturated carbocycles. The molecule has 1 aromatic carbocycles. The number of nitrogens with zero attached hydrogens (tertiary/aromatic N) is 2. The Labute approximate surface area is 165 Å². The SMILES string of the molecule is CCNC(=NCc1ccc(OCCCN(C)C)cc1)NCCCCOCC. The average molecular weight is 379 g/mol. The first kappa shape index (κ1) is 23.2. The van der Waals surface area contributed by atoms with Crippen molar-refractivity contribution < 1.29 is 9.47 Å². The second-order valence-electron chi connectivity index (χ2n) is 6.68. The molecule has 154 valence electrons. The highest BCUT2D eigenvalue weighted by Gasteiger charge is 1.99. The molecule has 0 atom stereocenters. The fourth-order valence-corrected chi connectivity index (χ4v) is 2.45. The third-order valence-electron chi connectivity index (χ3n) is 3.92. The number of hydrogen-bond acceptors (Lipinski definition) is 4. The number of rotatable bonds is 14. The van der Waals surface area contributed by atoms with Gasteiger partial charge >= 0.3 is 0 Å². The monoisotopic (exact) mass is 378 g/mol. The summed E-state index contributed by atoms with van der Waals surface area (Å²) in [6, 6.07) is 8.20. The van der Waals surface area contributed by atoms with E-state index in [1.807, 2.05) is 19.1 Å².